The van der Waals surface area contributed by atoms with Crippen molar-refractivity contribution in [3.63, 3.8) is 0 Å². The first-order valence-electron chi connectivity index (χ1n) is 5.28. The molecule has 2 heteroatoms. The van der Waals surface area contributed by atoms with E-state index in [0.29, 0.717) is 0 Å². The zero-order valence-corrected chi connectivity index (χ0v) is 8.56. The molecule has 2 nitrogen and oxygen atoms in total. The van der Waals surface area contributed by atoms with Gasteiger partial charge in [-0.25, -0.2) is 0 Å². The van der Waals surface area contributed by atoms with Crippen LogP contribution in [0.15, 0.2) is 0 Å². The van der Waals surface area contributed by atoms with Gasteiger partial charge >= 0.3 is 5.97 Å². The van der Waals surface area contributed by atoms with Crippen LogP contribution in [0.25, 0.3) is 0 Å². The maximum Gasteiger partial charge on any atom is 0.312 e. The summed E-state index contributed by atoms with van der Waals surface area (Å²) < 4.78 is 5.40. The molecular weight excluding hydrogens is 164 g/mol. The van der Waals surface area contributed by atoms with Gasteiger partial charge in [-0.1, -0.05) is 19.3 Å². The normalized spacial score (nSPS) is 30.5. The van der Waals surface area contributed by atoms with E-state index in [9.17, 15) is 4.79 Å². The summed E-state index contributed by atoms with van der Waals surface area (Å²) in [6.45, 7) is 4.04. The van der Waals surface area contributed by atoms with Crippen LogP contribution in [0.2, 0.25) is 0 Å². The largest absolute Gasteiger partial charge is 0.459 e. The summed E-state index contributed by atoms with van der Waals surface area (Å²) in [5.74, 6) is 0.0669. The van der Waals surface area contributed by atoms with Crippen LogP contribution in [0.5, 0.6) is 0 Å². The number of hydrogen-bond donors (Lipinski definition) is 0. The lowest BCUT2D eigenvalue weighted by molar-refractivity contribution is -0.153. The van der Waals surface area contributed by atoms with Crippen LogP contribution in [0, 0.1) is 5.41 Å². The summed E-state index contributed by atoms with van der Waals surface area (Å²) in [5.41, 5.74) is -0.309. The summed E-state index contributed by atoms with van der Waals surface area (Å²) in [4.78, 5) is 11.7. The number of cyclic esters (lactones) is 1. The molecular formula is C11H18O2. The summed E-state index contributed by atoms with van der Waals surface area (Å²) in [6.07, 6.45) is 6.72. The molecule has 74 valence electrons. The molecule has 2 aliphatic rings. The van der Waals surface area contributed by atoms with Crippen LogP contribution < -0.4 is 0 Å². The van der Waals surface area contributed by atoms with Crippen molar-refractivity contribution in [3.05, 3.63) is 0 Å². The molecule has 1 saturated heterocycles. The fraction of sp³-hybridized carbons (Fsp3) is 0.909. The van der Waals surface area contributed by atoms with E-state index >= 15 is 0 Å². The van der Waals surface area contributed by atoms with E-state index in [-0.39, 0.29) is 17.0 Å². The van der Waals surface area contributed by atoms with Crippen LogP contribution in [0.3, 0.4) is 0 Å². The molecule has 1 spiro atoms. The van der Waals surface area contributed by atoms with E-state index < -0.39 is 0 Å². The van der Waals surface area contributed by atoms with Gasteiger partial charge in [0.2, 0.25) is 0 Å². The Morgan fingerprint density at radius 1 is 1.15 bits per heavy atom. The Kier molecular flexibility index (Phi) is 1.90. The van der Waals surface area contributed by atoms with Crippen LogP contribution in [0.1, 0.15) is 52.4 Å². The van der Waals surface area contributed by atoms with Gasteiger partial charge < -0.3 is 4.74 Å². The fourth-order valence-corrected chi connectivity index (χ4v) is 2.89. The molecule has 0 amide bonds. The maximum atomic E-state index is 11.7. The first kappa shape index (κ1) is 9.04. The summed E-state index contributed by atoms with van der Waals surface area (Å²) in [6, 6.07) is 0. The van der Waals surface area contributed by atoms with Crippen molar-refractivity contribution in [1.82, 2.24) is 0 Å². The van der Waals surface area contributed by atoms with Gasteiger partial charge in [0.05, 0.1) is 5.41 Å². The van der Waals surface area contributed by atoms with E-state index in [2.05, 4.69) is 0 Å². The summed E-state index contributed by atoms with van der Waals surface area (Å²) in [5, 5.41) is 0. The summed E-state index contributed by atoms with van der Waals surface area (Å²) in [7, 11) is 0. The molecule has 0 bridgehead atoms. The Hall–Kier alpha value is -0.530. The fourth-order valence-electron chi connectivity index (χ4n) is 2.89. The molecule has 0 N–H and O–H groups in total. The number of ether oxygens (including phenoxy) is 1. The molecule has 0 aromatic rings. The van der Waals surface area contributed by atoms with Gasteiger partial charge in [-0.05, 0) is 26.7 Å². The molecule has 2 rings (SSSR count). The molecule has 0 unspecified atom stereocenters. The van der Waals surface area contributed by atoms with Crippen molar-refractivity contribution in [2.24, 2.45) is 5.41 Å². The van der Waals surface area contributed by atoms with Gasteiger partial charge in [-0.2, -0.15) is 0 Å². The van der Waals surface area contributed by atoms with Gasteiger partial charge in [0.15, 0.2) is 0 Å². The Balaban J connectivity index is 2.18. The smallest absolute Gasteiger partial charge is 0.312 e. The van der Waals surface area contributed by atoms with Gasteiger partial charge in [-0.15, -0.1) is 0 Å². The highest BCUT2D eigenvalue weighted by Gasteiger charge is 2.52. The van der Waals surface area contributed by atoms with Gasteiger partial charge in [0.25, 0.3) is 0 Å². The number of carbonyl (C=O) groups is 1. The van der Waals surface area contributed by atoms with Crippen molar-refractivity contribution in [2.45, 2.75) is 58.0 Å². The highest BCUT2D eigenvalue weighted by molar-refractivity contribution is 5.79. The average Bonchev–Trinajstić information content (AvgIpc) is 2.23. The minimum atomic E-state index is -0.214. The highest BCUT2D eigenvalue weighted by atomic mass is 16.6. The molecule has 1 saturated carbocycles. The van der Waals surface area contributed by atoms with Crippen LogP contribution >= 0.6 is 0 Å². The number of hydrogen-bond acceptors (Lipinski definition) is 2. The standard InChI is InChI=1S/C11H18O2/c1-10(2)8-11(9(12)13-10)6-4-3-5-7-11/h3-8H2,1-2H3. The molecule has 0 radical (unpaired) electrons. The number of rotatable bonds is 0. The first-order chi connectivity index (χ1) is 6.04. The third-order valence-electron chi connectivity index (χ3n) is 3.38. The van der Waals surface area contributed by atoms with Gasteiger partial charge in [-0.3, -0.25) is 4.79 Å². The number of esters is 1. The predicted molar refractivity (Wildman–Crippen MR) is 50.3 cm³/mol. The SMILES string of the molecule is CC1(C)CC2(CCCCC2)C(=O)O1. The molecule has 1 aliphatic carbocycles. The Morgan fingerprint density at radius 2 is 1.77 bits per heavy atom. The monoisotopic (exact) mass is 182 g/mol. The van der Waals surface area contributed by atoms with Crippen molar-refractivity contribution >= 4 is 5.97 Å². The molecule has 0 atom stereocenters. The van der Waals surface area contributed by atoms with Crippen molar-refractivity contribution < 1.29 is 9.53 Å². The van der Waals surface area contributed by atoms with Crippen molar-refractivity contribution in [2.75, 3.05) is 0 Å². The second kappa shape index (κ2) is 2.73. The third kappa shape index (κ3) is 1.47. The van der Waals surface area contributed by atoms with Crippen molar-refractivity contribution in [1.29, 1.82) is 0 Å². The highest BCUT2D eigenvalue weighted by Crippen LogP contribution is 2.49. The van der Waals surface area contributed by atoms with Crippen molar-refractivity contribution in [3.8, 4) is 0 Å². The lowest BCUT2D eigenvalue weighted by Gasteiger charge is -2.29. The maximum absolute atomic E-state index is 11.7. The van der Waals surface area contributed by atoms with E-state index in [0.717, 1.165) is 19.3 Å². The van der Waals surface area contributed by atoms with E-state index in [1.165, 1.54) is 19.3 Å². The molecule has 1 aliphatic heterocycles. The average molecular weight is 182 g/mol. The lowest BCUT2D eigenvalue weighted by atomic mass is 9.70. The minimum Gasteiger partial charge on any atom is -0.459 e. The van der Waals surface area contributed by atoms with Crippen LogP contribution in [0.4, 0.5) is 0 Å². The Morgan fingerprint density at radius 3 is 2.23 bits per heavy atom. The Labute approximate surface area is 79.7 Å². The van der Waals surface area contributed by atoms with Crippen LogP contribution in [-0.2, 0) is 9.53 Å². The minimum absolute atomic E-state index is 0.0669. The van der Waals surface area contributed by atoms with Crippen LogP contribution in [-0.4, -0.2) is 11.6 Å². The second-order valence-corrected chi connectivity index (χ2v) is 5.17. The lowest BCUT2D eigenvalue weighted by Crippen LogP contribution is -2.29. The zero-order valence-electron chi connectivity index (χ0n) is 8.56. The molecule has 0 aromatic heterocycles. The first-order valence-corrected chi connectivity index (χ1v) is 5.28. The molecule has 13 heavy (non-hydrogen) atoms. The Bertz CT molecular complexity index is 224. The van der Waals surface area contributed by atoms with E-state index in [1.807, 2.05) is 13.8 Å². The van der Waals surface area contributed by atoms with Gasteiger partial charge in [0.1, 0.15) is 5.60 Å². The summed E-state index contributed by atoms with van der Waals surface area (Å²) >= 11 is 0. The topological polar surface area (TPSA) is 26.3 Å². The second-order valence-electron chi connectivity index (χ2n) is 5.17. The molecule has 1 heterocycles. The molecule has 2 fully saturated rings. The third-order valence-corrected chi connectivity index (χ3v) is 3.38. The van der Waals surface area contributed by atoms with E-state index in [1.54, 1.807) is 0 Å². The predicted octanol–water partition coefficient (Wildman–Crippen LogP) is 2.66. The quantitative estimate of drug-likeness (QED) is 0.538. The van der Waals surface area contributed by atoms with Gasteiger partial charge in [0, 0.05) is 6.42 Å². The number of carbonyl (C=O) groups excluding carboxylic acids is 1. The van der Waals surface area contributed by atoms with E-state index in [4.69, 9.17) is 4.74 Å². The zero-order chi connectivity index (χ0) is 9.53. The molecule has 0 aromatic carbocycles.